The highest BCUT2D eigenvalue weighted by Crippen LogP contribution is 2.37. The fourth-order valence-corrected chi connectivity index (χ4v) is 3.57. The summed E-state index contributed by atoms with van der Waals surface area (Å²) in [6, 6.07) is 13.9. The summed E-state index contributed by atoms with van der Waals surface area (Å²) in [6.07, 6.45) is 5.30. The first kappa shape index (κ1) is 18.5. The summed E-state index contributed by atoms with van der Waals surface area (Å²) in [7, 11) is 0. The zero-order valence-corrected chi connectivity index (χ0v) is 16.6. The van der Waals surface area contributed by atoms with Gasteiger partial charge in [0, 0.05) is 11.6 Å². The molecule has 0 aliphatic carbocycles. The van der Waals surface area contributed by atoms with Gasteiger partial charge >= 0.3 is 6.08 Å². The number of hydrogen-bond acceptors (Lipinski definition) is 6. The molecule has 28 heavy (non-hydrogen) atoms. The summed E-state index contributed by atoms with van der Waals surface area (Å²) in [5, 5.41) is 2.83. The molecule has 4 aromatic rings. The van der Waals surface area contributed by atoms with Crippen molar-refractivity contribution in [2.75, 3.05) is 6.61 Å². The Balaban J connectivity index is 1.63. The van der Waals surface area contributed by atoms with Crippen molar-refractivity contribution in [2.45, 2.75) is 32.8 Å². The van der Waals surface area contributed by atoms with Gasteiger partial charge in [-0.25, -0.2) is 4.98 Å². The molecule has 2 heterocycles. The van der Waals surface area contributed by atoms with Crippen LogP contribution in [0.3, 0.4) is 0 Å². The number of rotatable bonds is 9. The molecular formula is C22H22N2O3S. The van der Waals surface area contributed by atoms with E-state index in [1.807, 2.05) is 47.8 Å². The second kappa shape index (κ2) is 8.89. The Morgan fingerprint density at radius 3 is 2.71 bits per heavy atom. The van der Waals surface area contributed by atoms with Crippen LogP contribution in [0.1, 0.15) is 31.7 Å². The maximum atomic E-state index is 6.04. The van der Waals surface area contributed by atoms with Crippen LogP contribution in [-0.4, -0.2) is 16.6 Å². The summed E-state index contributed by atoms with van der Waals surface area (Å²) >= 11 is 1.56. The fraction of sp³-hybridized carbons (Fsp3) is 0.273. The molecule has 0 N–H and O–H groups in total. The quantitative estimate of drug-likeness (QED) is 0.321. The predicted octanol–water partition coefficient (Wildman–Crippen LogP) is 6.10. The van der Waals surface area contributed by atoms with Crippen LogP contribution < -0.4 is 9.47 Å². The number of thiazole rings is 1. The third-order valence-corrected chi connectivity index (χ3v) is 5.17. The van der Waals surface area contributed by atoms with Crippen LogP contribution in [0.5, 0.6) is 11.8 Å². The van der Waals surface area contributed by atoms with Crippen molar-refractivity contribution in [1.82, 2.24) is 9.97 Å². The standard InChI is InChI=1S/C22H22N2O3S/c1-2-3-7-13-25-22-24-19-18(26-15-16-8-5-4-6-9-16)11-10-17(20(19)27-22)21-23-12-14-28-21/h4-6,8-12,14H,2-3,7,13,15H2,1H3. The van der Waals surface area contributed by atoms with Crippen molar-refractivity contribution in [3.63, 3.8) is 0 Å². The van der Waals surface area contributed by atoms with Gasteiger partial charge in [0.05, 0.1) is 12.2 Å². The van der Waals surface area contributed by atoms with Crippen molar-refractivity contribution in [3.8, 4) is 22.4 Å². The van der Waals surface area contributed by atoms with E-state index in [1.165, 1.54) is 0 Å². The molecule has 0 radical (unpaired) electrons. The fourth-order valence-electron chi connectivity index (χ4n) is 2.91. The molecule has 0 unspecified atom stereocenters. The van der Waals surface area contributed by atoms with Crippen molar-refractivity contribution < 1.29 is 13.9 Å². The average Bonchev–Trinajstić information content (AvgIpc) is 3.40. The number of nitrogens with zero attached hydrogens (tertiary/aromatic N) is 2. The minimum Gasteiger partial charge on any atom is -0.486 e. The lowest BCUT2D eigenvalue weighted by Crippen LogP contribution is -1.97. The van der Waals surface area contributed by atoms with E-state index in [1.54, 1.807) is 17.5 Å². The van der Waals surface area contributed by atoms with Gasteiger partial charge in [-0.05, 0) is 24.1 Å². The lowest BCUT2D eigenvalue weighted by atomic mass is 10.2. The Kier molecular flexibility index (Phi) is 5.87. The van der Waals surface area contributed by atoms with Crippen LogP contribution in [0.4, 0.5) is 0 Å². The molecule has 6 heteroatoms. The van der Waals surface area contributed by atoms with Gasteiger partial charge in [0.2, 0.25) is 0 Å². The number of benzene rings is 2. The van der Waals surface area contributed by atoms with Crippen LogP contribution in [0.25, 0.3) is 21.7 Å². The number of ether oxygens (including phenoxy) is 2. The number of unbranched alkanes of at least 4 members (excludes halogenated alkanes) is 2. The van der Waals surface area contributed by atoms with Crippen LogP contribution in [0, 0.1) is 0 Å². The molecular weight excluding hydrogens is 372 g/mol. The van der Waals surface area contributed by atoms with Gasteiger partial charge in [0.1, 0.15) is 17.4 Å². The Labute approximate surface area is 168 Å². The lowest BCUT2D eigenvalue weighted by Gasteiger charge is -2.07. The van der Waals surface area contributed by atoms with E-state index in [2.05, 4.69) is 16.9 Å². The van der Waals surface area contributed by atoms with Gasteiger partial charge in [-0.1, -0.05) is 50.1 Å². The minimum absolute atomic E-state index is 0.277. The van der Waals surface area contributed by atoms with Gasteiger partial charge in [-0.2, -0.15) is 4.98 Å². The first-order valence-electron chi connectivity index (χ1n) is 9.48. The molecule has 0 spiro atoms. The smallest absolute Gasteiger partial charge is 0.394 e. The molecule has 0 amide bonds. The summed E-state index contributed by atoms with van der Waals surface area (Å²) in [5.74, 6) is 0.673. The van der Waals surface area contributed by atoms with Gasteiger partial charge in [-0.15, -0.1) is 11.3 Å². The minimum atomic E-state index is 0.277. The highest BCUT2D eigenvalue weighted by atomic mass is 32.1. The number of hydrogen-bond donors (Lipinski definition) is 0. The number of oxazole rings is 1. The van der Waals surface area contributed by atoms with Gasteiger partial charge in [0.15, 0.2) is 11.1 Å². The molecule has 144 valence electrons. The summed E-state index contributed by atoms with van der Waals surface area (Å²) < 4.78 is 17.7. The van der Waals surface area contributed by atoms with E-state index in [4.69, 9.17) is 13.9 Å². The Bertz CT molecular complexity index is 1010. The maximum Gasteiger partial charge on any atom is 0.394 e. The van der Waals surface area contributed by atoms with Gasteiger partial charge < -0.3 is 13.9 Å². The predicted molar refractivity (Wildman–Crippen MR) is 111 cm³/mol. The third-order valence-electron chi connectivity index (χ3n) is 4.36. The van der Waals surface area contributed by atoms with E-state index in [0.29, 0.717) is 30.1 Å². The van der Waals surface area contributed by atoms with E-state index in [0.717, 1.165) is 35.4 Å². The number of aromatic nitrogens is 2. The highest BCUT2D eigenvalue weighted by molar-refractivity contribution is 7.13. The van der Waals surface area contributed by atoms with Crippen LogP contribution in [0.2, 0.25) is 0 Å². The number of fused-ring (bicyclic) bond motifs is 1. The third kappa shape index (κ3) is 4.17. The molecule has 5 nitrogen and oxygen atoms in total. The molecule has 0 aliphatic rings. The van der Waals surface area contributed by atoms with Crippen LogP contribution in [-0.2, 0) is 6.61 Å². The van der Waals surface area contributed by atoms with E-state index >= 15 is 0 Å². The molecule has 0 fully saturated rings. The van der Waals surface area contributed by atoms with Crippen LogP contribution >= 0.6 is 11.3 Å². The second-order valence-corrected chi connectivity index (χ2v) is 7.33. The molecule has 2 aromatic carbocycles. The first-order chi connectivity index (χ1) is 13.8. The average molecular weight is 394 g/mol. The summed E-state index contributed by atoms with van der Waals surface area (Å²) in [6.45, 7) is 3.22. The van der Waals surface area contributed by atoms with E-state index < -0.39 is 0 Å². The molecule has 0 saturated heterocycles. The monoisotopic (exact) mass is 394 g/mol. The molecule has 4 rings (SSSR count). The molecule has 0 aliphatic heterocycles. The Hall–Kier alpha value is -2.86. The maximum absolute atomic E-state index is 6.04. The second-order valence-electron chi connectivity index (χ2n) is 6.44. The SMILES string of the molecule is CCCCCOc1nc2c(OCc3ccccc3)ccc(-c3nccs3)c2o1. The van der Waals surface area contributed by atoms with Crippen LogP contribution in [0.15, 0.2) is 58.5 Å². The Morgan fingerprint density at radius 2 is 1.93 bits per heavy atom. The largest absolute Gasteiger partial charge is 0.486 e. The molecule has 2 aromatic heterocycles. The van der Waals surface area contributed by atoms with Gasteiger partial charge in [0.25, 0.3) is 0 Å². The normalized spacial score (nSPS) is 11.0. The Morgan fingerprint density at radius 1 is 1.04 bits per heavy atom. The lowest BCUT2D eigenvalue weighted by molar-refractivity contribution is 0.231. The zero-order chi connectivity index (χ0) is 19.2. The summed E-state index contributed by atoms with van der Waals surface area (Å²) in [4.78, 5) is 8.96. The molecule has 0 atom stereocenters. The van der Waals surface area contributed by atoms with E-state index in [9.17, 15) is 0 Å². The van der Waals surface area contributed by atoms with Crippen molar-refractivity contribution >= 4 is 22.4 Å². The van der Waals surface area contributed by atoms with Crippen molar-refractivity contribution in [2.24, 2.45) is 0 Å². The van der Waals surface area contributed by atoms with Gasteiger partial charge in [-0.3, -0.25) is 0 Å². The van der Waals surface area contributed by atoms with E-state index in [-0.39, 0.29) is 6.08 Å². The zero-order valence-electron chi connectivity index (χ0n) is 15.8. The highest BCUT2D eigenvalue weighted by Gasteiger charge is 2.18. The topological polar surface area (TPSA) is 57.4 Å². The molecule has 0 saturated carbocycles. The first-order valence-corrected chi connectivity index (χ1v) is 10.4. The van der Waals surface area contributed by atoms with Crippen molar-refractivity contribution in [3.05, 3.63) is 59.6 Å². The summed E-state index contributed by atoms with van der Waals surface area (Å²) in [5.41, 5.74) is 3.30. The molecule has 0 bridgehead atoms. The van der Waals surface area contributed by atoms with Crippen molar-refractivity contribution in [1.29, 1.82) is 0 Å².